The number of thioether (sulfide) groups is 1. The summed E-state index contributed by atoms with van der Waals surface area (Å²) in [7, 11) is 0. The Hall–Kier alpha value is 0.510. The van der Waals surface area contributed by atoms with E-state index in [4.69, 9.17) is 5.73 Å². The number of carbonyl (C=O) groups excluding carboxylic acids is 2. The molecule has 0 rings (SSSR count). The summed E-state index contributed by atoms with van der Waals surface area (Å²) < 4.78 is 0. The molecule has 7 heteroatoms. The average molecular weight is 275 g/mol. The van der Waals surface area contributed by atoms with Crippen LogP contribution in [0.2, 0.25) is 0 Å². The molecule has 0 aromatic carbocycles. The van der Waals surface area contributed by atoms with Gasteiger partial charge in [-0.25, -0.2) is 0 Å². The second-order valence-corrected chi connectivity index (χ2v) is 3.81. The molecule has 0 unspecified atom stereocenters. The third-order valence-electron chi connectivity index (χ3n) is 1.39. The Morgan fingerprint density at radius 3 is 2.06 bits per heavy atom. The Morgan fingerprint density at radius 1 is 1.38 bits per heavy atom. The Bertz CT molecular complexity index is 192. The molecule has 0 saturated heterocycles. The minimum absolute atomic E-state index is 0. The van der Waals surface area contributed by atoms with E-state index in [2.05, 4.69) is 0 Å². The standard InChI is InChI=1S/C5H11NO2S.C4H8O2.Ca/c1-9-3-2-4(6)5(7)8;1-2-3-4(5)6;/h4H,2-3,6H2,1H3,(H,7,8);2-3H2,1H3,(H,5,6);/q;;+2/p-2/t4-;;/m0../s1. The van der Waals surface area contributed by atoms with Crippen LogP contribution in [0, 0.1) is 0 Å². The molecule has 0 saturated carbocycles. The molecule has 0 aliphatic heterocycles. The maximum absolute atomic E-state index is 9.96. The molecule has 0 fully saturated rings. The van der Waals surface area contributed by atoms with Crippen LogP contribution in [0.5, 0.6) is 0 Å². The van der Waals surface area contributed by atoms with Gasteiger partial charge in [-0.3, -0.25) is 0 Å². The fourth-order valence-corrected chi connectivity index (χ4v) is 1.06. The fourth-order valence-electron chi connectivity index (χ4n) is 0.567. The van der Waals surface area contributed by atoms with Gasteiger partial charge in [-0.1, -0.05) is 13.3 Å². The van der Waals surface area contributed by atoms with Crippen molar-refractivity contribution in [1.82, 2.24) is 0 Å². The van der Waals surface area contributed by atoms with Crippen molar-refractivity contribution < 1.29 is 19.8 Å². The Labute approximate surface area is 130 Å². The van der Waals surface area contributed by atoms with Crippen LogP contribution in [0.1, 0.15) is 26.2 Å². The van der Waals surface area contributed by atoms with E-state index in [-0.39, 0.29) is 44.2 Å². The zero-order chi connectivity index (χ0) is 12.3. The second-order valence-electron chi connectivity index (χ2n) is 2.83. The summed E-state index contributed by atoms with van der Waals surface area (Å²) in [4.78, 5) is 19.4. The summed E-state index contributed by atoms with van der Waals surface area (Å²) in [6.07, 6.45) is 3.24. The van der Waals surface area contributed by atoms with Crippen LogP contribution in [0.25, 0.3) is 0 Å². The van der Waals surface area contributed by atoms with Crippen molar-refractivity contribution >= 4 is 61.4 Å². The first-order valence-electron chi connectivity index (χ1n) is 4.60. The van der Waals surface area contributed by atoms with Crippen LogP contribution >= 0.6 is 11.8 Å². The third kappa shape index (κ3) is 20.0. The molecule has 0 aromatic heterocycles. The van der Waals surface area contributed by atoms with Crippen LogP contribution < -0.4 is 15.9 Å². The molecule has 0 aliphatic rings. The molecule has 0 heterocycles. The zero-order valence-electron chi connectivity index (χ0n) is 9.73. The summed E-state index contributed by atoms with van der Waals surface area (Å²) in [5, 5.41) is 19.4. The van der Waals surface area contributed by atoms with Gasteiger partial charge in [0.2, 0.25) is 0 Å². The number of carboxylic acid groups (broad SMARTS) is 2. The quantitative estimate of drug-likeness (QED) is 0.560. The number of carbonyl (C=O) groups is 2. The minimum atomic E-state index is -1.16. The van der Waals surface area contributed by atoms with Crippen LogP contribution in [-0.2, 0) is 9.59 Å². The maximum atomic E-state index is 9.96. The molecule has 2 N–H and O–H groups in total. The molecular weight excluding hydrogens is 258 g/mol. The van der Waals surface area contributed by atoms with Crippen molar-refractivity contribution in [2.24, 2.45) is 5.73 Å². The van der Waals surface area contributed by atoms with Crippen molar-refractivity contribution in [2.45, 2.75) is 32.2 Å². The largest absolute Gasteiger partial charge is 2.00 e. The third-order valence-corrected chi connectivity index (χ3v) is 2.03. The van der Waals surface area contributed by atoms with E-state index < -0.39 is 18.0 Å². The average Bonchev–Trinajstić information content (AvgIpc) is 2.14. The van der Waals surface area contributed by atoms with Crippen molar-refractivity contribution in [1.29, 1.82) is 0 Å². The van der Waals surface area contributed by atoms with Gasteiger partial charge in [-0.05, 0) is 24.9 Å². The van der Waals surface area contributed by atoms with E-state index in [0.29, 0.717) is 12.8 Å². The van der Waals surface area contributed by atoms with Crippen LogP contribution in [0.4, 0.5) is 0 Å². The molecule has 0 bridgehead atoms. The predicted octanol–water partition coefficient (Wildman–Crippen LogP) is -2.03. The van der Waals surface area contributed by atoms with Crippen LogP contribution in [0.3, 0.4) is 0 Å². The molecule has 0 radical (unpaired) electrons. The normalized spacial score (nSPS) is 10.4. The summed E-state index contributed by atoms with van der Waals surface area (Å²) in [5.41, 5.74) is 5.13. The van der Waals surface area contributed by atoms with E-state index in [1.165, 1.54) is 0 Å². The van der Waals surface area contributed by atoms with Gasteiger partial charge in [0.25, 0.3) is 0 Å². The number of hydrogen-bond donors (Lipinski definition) is 1. The maximum Gasteiger partial charge on any atom is 2.00 e. The molecule has 90 valence electrons. The number of hydrogen-bond acceptors (Lipinski definition) is 6. The van der Waals surface area contributed by atoms with E-state index >= 15 is 0 Å². The summed E-state index contributed by atoms with van der Waals surface area (Å²) >= 11 is 1.58. The Morgan fingerprint density at radius 2 is 1.88 bits per heavy atom. The minimum Gasteiger partial charge on any atom is -0.550 e. The zero-order valence-corrected chi connectivity index (χ0v) is 12.8. The van der Waals surface area contributed by atoms with Gasteiger partial charge < -0.3 is 25.5 Å². The smallest absolute Gasteiger partial charge is 0.550 e. The number of aliphatic carboxylic acids is 2. The number of carboxylic acids is 2. The summed E-state index contributed by atoms with van der Waals surface area (Å²) in [5.74, 6) is -1.35. The molecule has 1 atom stereocenters. The molecule has 16 heavy (non-hydrogen) atoms. The van der Waals surface area contributed by atoms with Gasteiger partial charge in [0, 0.05) is 12.0 Å². The SMILES string of the molecule is CCCC(=O)[O-].CSCC[C@H](N)C(=O)[O-].[Ca+2]. The Kier molecular flexibility index (Phi) is 21.1. The number of nitrogens with two attached hydrogens (primary N) is 1. The molecule has 5 nitrogen and oxygen atoms in total. The van der Waals surface area contributed by atoms with Crippen molar-refractivity contribution in [3.8, 4) is 0 Å². The van der Waals surface area contributed by atoms with E-state index in [1.807, 2.05) is 6.26 Å². The van der Waals surface area contributed by atoms with Crippen molar-refractivity contribution in [3.05, 3.63) is 0 Å². The second kappa shape index (κ2) is 15.5. The van der Waals surface area contributed by atoms with E-state index in [1.54, 1.807) is 18.7 Å². The van der Waals surface area contributed by atoms with Gasteiger partial charge in [0.1, 0.15) is 0 Å². The van der Waals surface area contributed by atoms with Crippen LogP contribution in [0.15, 0.2) is 0 Å². The van der Waals surface area contributed by atoms with Gasteiger partial charge in [0.05, 0.1) is 5.97 Å². The van der Waals surface area contributed by atoms with Crippen LogP contribution in [-0.4, -0.2) is 67.7 Å². The molecular formula is C9H17CaNO4S. The van der Waals surface area contributed by atoms with E-state index in [9.17, 15) is 19.8 Å². The fraction of sp³-hybridized carbons (Fsp3) is 0.778. The molecule has 0 amide bonds. The topological polar surface area (TPSA) is 106 Å². The van der Waals surface area contributed by atoms with Gasteiger partial charge >= 0.3 is 37.7 Å². The molecule has 0 spiro atoms. The molecule has 0 aliphatic carbocycles. The molecule has 0 aromatic rings. The first-order valence-corrected chi connectivity index (χ1v) is 6.00. The predicted molar refractivity (Wildman–Crippen MR) is 61.7 cm³/mol. The van der Waals surface area contributed by atoms with Crippen molar-refractivity contribution in [2.75, 3.05) is 12.0 Å². The van der Waals surface area contributed by atoms with Gasteiger partial charge in [-0.2, -0.15) is 11.8 Å². The summed E-state index contributed by atoms with van der Waals surface area (Å²) in [6, 6.07) is -0.794. The summed E-state index contributed by atoms with van der Waals surface area (Å²) in [6.45, 7) is 1.80. The van der Waals surface area contributed by atoms with Gasteiger partial charge in [-0.15, -0.1) is 0 Å². The first kappa shape index (κ1) is 21.8. The number of rotatable bonds is 6. The Balaban J connectivity index is -0.000000214. The monoisotopic (exact) mass is 275 g/mol. The van der Waals surface area contributed by atoms with E-state index in [0.717, 1.165) is 5.75 Å². The van der Waals surface area contributed by atoms with Gasteiger partial charge in [0.15, 0.2) is 0 Å². The van der Waals surface area contributed by atoms with Crippen molar-refractivity contribution in [3.63, 3.8) is 0 Å². The first-order chi connectivity index (χ1) is 6.95.